The van der Waals surface area contributed by atoms with Crippen molar-refractivity contribution in [1.82, 2.24) is 0 Å². The molecule has 0 spiro atoms. The summed E-state index contributed by atoms with van der Waals surface area (Å²) in [5.74, 6) is 0. The number of benzene rings is 1. The monoisotopic (exact) mass is 242 g/mol. The van der Waals surface area contributed by atoms with Crippen LogP contribution in [0.3, 0.4) is 0 Å². The van der Waals surface area contributed by atoms with Gasteiger partial charge in [-0.1, -0.05) is 32.9 Å². The third-order valence-electron chi connectivity index (χ3n) is 2.38. The Bertz CT molecular complexity index is 438. The Morgan fingerprint density at radius 3 is 2.00 bits per heavy atom. The second kappa shape index (κ2) is 4.55. The predicted octanol–water partition coefficient (Wildman–Crippen LogP) is 2.91. The van der Waals surface area contributed by atoms with E-state index < -0.39 is 10.1 Å². The van der Waals surface area contributed by atoms with Gasteiger partial charge in [-0.25, -0.2) is 0 Å². The smallest absolute Gasteiger partial charge is 0.282 e. The molecule has 16 heavy (non-hydrogen) atoms. The highest BCUT2D eigenvalue weighted by molar-refractivity contribution is 7.85. The quantitative estimate of drug-likeness (QED) is 0.829. The highest BCUT2D eigenvalue weighted by atomic mass is 32.2. The molecule has 0 amide bonds. The van der Waals surface area contributed by atoms with Crippen molar-refractivity contribution in [2.45, 2.75) is 38.5 Å². The van der Waals surface area contributed by atoms with Crippen molar-refractivity contribution in [3.8, 4) is 0 Å². The van der Waals surface area contributed by atoms with E-state index in [1.54, 1.807) is 12.1 Å². The zero-order valence-corrected chi connectivity index (χ0v) is 10.7. The van der Waals surface area contributed by atoms with E-state index in [4.69, 9.17) is 4.55 Å². The van der Waals surface area contributed by atoms with Gasteiger partial charge in [-0.2, -0.15) is 8.42 Å². The fraction of sp³-hybridized carbons (Fsp3) is 0.500. The maximum absolute atomic E-state index is 10.8. The van der Waals surface area contributed by atoms with Gasteiger partial charge in [0.1, 0.15) is 0 Å². The van der Waals surface area contributed by atoms with Gasteiger partial charge in [0.05, 0.1) is 4.90 Å². The van der Waals surface area contributed by atoms with Crippen LogP contribution in [0.1, 0.15) is 32.8 Å². The van der Waals surface area contributed by atoms with E-state index in [1.165, 1.54) is 12.1 Å². The molecule has 0 aromatic heterocycles. The van der Waals surface area contributed by atoms with Gasteiger partial charge in [0.15, 0.2) is 0 Å². The molecule has 0 radical (unpaired) electrons. The van der Waals surface area contributed by atoms with E-state index in [0.717, 1.165) is 18.4 Å². The normalized spacial score (nSPS) is 12.8. The second-order valence-corrected chi connectivity index (χ2v) is 6.60. The third-order valence-corrected chi connectivity index (χ3v) is 3.25. The third kappa shape index (κ3) is 4.33. The maximum atomic E-state index is 10.8. The highest BCUT2D eigenvalue weighted by Crippen LogP contribution is 2.21. The van der Waals surface area contributed by atoms with Crippen LogP contribution in [0, 0.1) is 5.41 Å². The lowest BCUT2D eigenvalue weighted by atomic mass is 9.89. The van der Waals surface area contributed by atoms with Gasteiger partial charge < -0.3 is 0 Å². The average Bonchev–Trinajstić information content (AvgIpc) is 2.13. The first-order chi connectivity index (χ1) is 7.18. The van der Waals surface area contributed by atoms with Crippen molar-refractivity contribution in [3.05, 3.63) is 29.8 Å². The summed E-state index contributed by atoms with van der Waals surface area (Å²) in [5.41, 5.74) is 1.35. The molecule has 0 saturated heterocycles. The topological polar surface area (TPSA) is 54.4 Å². The molecule has 3 nitrogen and oxygen atoms in total. The van der Waals surface area contributed by atoms with Crippen molar-refractivity contribution in [2.24, 2.45) is 5.41 Å². The molecule has 0 saturated carbocycles. The molecule has 1 aromatic rings. The van der Waals surface area contributed by atoms with Crippen LogP contribution >= 0.6 is 0 Å². The Labute approximate surface area is 97.2 Å². The minimum absolute atomic E-state index is 0.0491. The molecule has 0 aliphatic heterocycles. The lowest BCUT2D eigenvalue weighted by Crippen LogP contribution is -2.06. The Hall–Kier alpha value is -0.870. The summed E-state index contributed by atoms with van der Waals surface area (Å²) in [5, 5.41) is 0. The molecule has 4 heteroatoms. The van der Waals surface area contributed by atoms with Crippen LogP contribution in [0.2, 0.25) is 0 Å². The van der Waals surface area contributed by atoms with Gasteiger partial charge in [0.2, 0.25) is 0 Å². The van der Waals surface area contributed by atoms with E-state index >= 15 is 0 Å². The van der Waals surface area contributed by atoms with Crippen molar-refractivity contribution in [3.63, 3.8) is 0 Å². The van der Waals surface area contributed by atoms with E-state index in [2.05, 4.69) is 20.8 Å². The van der Waals surface area contributed by atoms with Crippen molar-refractivity contribution >= 4 is 10.1 Å². The van der Waals surface area contributed by atoms with Crippen LogP contribution in [-0.4, -0.2) is 13.0 Å². The average molecular weight is 242 g/mol. The summed E-state index contributed by atoms with van der Waals surface area (Å²) in [6, 6.07) is 6.37. The Morgan fingerprint density at radius 1 is 1.12 bits per heavy atom. The fourth-order valence-corrected chi connectivity index (χ4v) is 1.83. The Kier molecular flexibility index (Phi) is 3.76. The van der Waals surface area contributed by atoms with Crippen LogP contribution in [0.5, 0.6) is 0 Å². The highest BCUT2D eigenvalue weighted by Gasteiger charge is 2.11. The summed E-state index contributed by atoms with van der Waals surface area (Å²) in [6.45, 7) is 6.50. The number of rotatable bonds is 3. The summed E-state index contributed by atoms with van der Waals surface area (Å²) < 4.78 is 30.4. The predicted molar refractivity (Wildman–Crippen MR) is 64.0 cm³/mol. The molecule has 1 aromatic carbocycles. The van der Waals surface area contributed by atoms with Gasteiger partial charge in [0.25, 0.3) is 10.1 Å². The molecule has 0 heterocycles. The zero-order valence-electron chi connectivity index (χ0n) is 9.90. The van der Waals surface area contributed by atoms with Crippen molar-refractivity contribution < 1.29 is 13.0 Å². The SMILES string of the molecule is CC(C)(C)CCc1ccc(S(=O)(=O)O)cc1. The van der Waals surface area contributed by atoms with E-state index in [0.29, 0.717) is 0 Å². The minimum atomic E-state index is -4.06. The molecule has 0 fully saturated rings. The second-order valence-electron chi connectivity index (χ2n) is 5.18. The van der Waals surface area contributed by atoms with Crippen LogP contribution < -0.4 is 0 Å². The van der Waals surface area contributed by atoms with Crippen LogP contribution in [0.15, 0.2) is 29.2 Å². The summed E-state index contributed by atoms with van der Waals surface area (Å²) in [4.78, 5) is -0.0491. The standard InChI is InChI=1S/C12H18O3S/c1-12(2,3)9-8-10-4-6-11(7-5-10)16(13,14)15/h4-7H,8-9H2,1-3H3,(H,13,14,15). The van der Waals surface area contributed by atoms with E-state index in [-0.39, 0.29) is 10.3 Å². The molecule has 0 aliphatic carbocycles. The fourth-order valence-electron chi connectivity index (χ4n) is 1.35. The molecule has 1 N–H and O–H groups in total. The van der Waals surface area contributed by atoms with E-state index in [9.17, 15) is 8.42 Å². The van der Waals surface area contributed by atoms with Gasteiger partial charge in [-0.15, -0.1) is 0 Å². The van der Waals surface area contributed by atoms with Gasteiger partial charge in [0, 0.05) is 0 Å². The first-order valence-electron chi connectivity index (χ1n) is 5.25. The van der Waals surface area contributed by atoms with Gasteiger partial charge in [-0.3, -0.25) is 4.55 Å². The number of aryl methyl sites for hydroxylation is 1. The molecule has 0 aliphatic rings. The Morgan fingerprint density at radius 2 is 1.62 bits per heavy atom. The summed E-state index contributed by atoms with van der Waals surface area (Å²) >= 11 is 0. The zero-order chi connectivity index (χ0) is 12.4. The van der Waals surface area contributed by atoms with Gasteiger partial charge in [-0.05, 0) is 36.0 Å². The molecule has 0 unspecified atom stereocenters. The summed E-state index contributed by atoms with van der Waals surface area (Å²) in [7, 11) is -4.06. The molecule has 1 rings (SSSR count). The van der Waals surface area contributed by atoms with E-state index in [1.807, 2.05) is 0 Å². The molecular weight excluding hydrogens is 224 g/mol. The largest absolute Gasteiger partial charge is 0.294 e. The van der Waals surface area contributed by atoms with Crippen LogP contribution in [0.25, 0.3) is 0 Å². The first kappa shape index (κ1) is 13.2. The lowest BCUT2D eigenvalue weighted by Gasteiger charge is -2.17. The van der Waals surface area contributed by atoms with Crippen LogP contribution in [0.4, 0.5) is 0 Å². The molecule has 0 atom stereocenters. The molecule has 0 bridgehead atoms. The lowest BCUT2D eigenvalue weighted by molar-refractivity contribution is 0.378. The molecule has 90 valence electrons. The number of hydrogen-bond donors (Lipinski definition) is 1. The van der Waals surface area contributed by atoms with Crippen LogP contribution in [-0.2, 0) is 16.5 Å². The van der Waals surface area contributed by atoms with Crippen molar-refractivity contribution in [2.75, 3.05) is 0 Å². The van der Waals surface area contributed by atoms with Gasteiger partial charge >= 0.3 is 0 Å². The number of hydrogen-bond acceptors (Lipinski definition) is 2. The maximum Gasteiger partial charge on any atom is 0.294 e. The van der Waals surface area contributed by atoms with Crippen molar-refractivity contribution in [1.29, 1.82) is 0 Å². The Balaban J connectivity index is 2.73. The minimum Gasteiger partial charge on any atom is -0.282 e. The molecular formula is C12H18O3S. The summed E-state index contributed by atoms with van der Waals surface area (Å²) in [6.07, 6.45) is 1.95. The first-order valence-corrected chi connectivity index (χ1v) is 6.69.